The summed E-state index contributed by atoms with van der Waals surface area (Å²) in [6, 6.07) is -0.747. The van der Waals surface area contributed by atoms with Crippen LogP contribution in [0.25, 0.3) is 0 Å². The normalized spacial score (nSPS) is 13.6. The third-order valence-electron chi connectivity index (χ3n) is 1.45. The number of H-pyrrole nitrogens is 1. The summed E-state index contributed by atoms with van der Waals surface area (Å²) in [5.41, 5.74) is 5.42. The molecule has 0 radical (unpaired) electrons. The Bertz CT molecular complexity index is 349. The second-order valence-electron chi connectivity index (χ2n) is 2.56. The average Bonchev–Trinajstić information content (AvgIpc) is 2.51. The molecule has 1 rings (SSSR count). The van der Waals surface area contributed by atoms with Crippen molar-refractivity contribution in [3.63, 3.8) is 0 Å². The van der Waals surface area contributed by atoms with E-state index in [0.29, 0.717) is 0 Å². The Labute approximate surface area is 77.7 Å². The molecule has 0 aliphatic heterocycles. The summed E-state index contributed by atoms with van der Waals surface area (Å²) >= 11 is 0. The molecule has 1 heterocycles. The van der Waals surface area contributed by atoms with E-state index in [1.54, 1.807) is 0 Å². The minimum absolute atomic E-state index is 0.0599. The van der Waals surface area contributed by atoms with Gasteiger partial charge in [0, 0.05) is 6.42 Å². The van der Waals surface area contributed by atoms with E-state index in [2.05, 4.69) is 21.1 Å². The number of hydrogen-bond donors (Lipinski definition) is 2. The van der Waals surface area contributed by atoms with Crippen molar-refractivity contribution in [2.24, 2.45) is 5.73 Å². The molecule has 0 saturated heterocycles. The van der Waals surface area contributed by atoms with E-state index in [-0.39, 0.29) is 12.2 Å². The fourth-order valence-electron chi connectivity index (χ4n) is 0.791. The maximum atomic E-state index is 12.0. The summed E-state index contributed by atoms with van der Waals surface area (Å²) in [6.45, 7) is 0. The molecule has 4 nitrogen and oxygen atoms in total. The first-order chi connectivity index (χ1) is 6.45. The number of nitrogens with two attached hydrogens (primary N) is 1. The van der Waals surface area contributed by atoms with E-state index in [1.165, 1.54) is 0 Å². The van der Waals surface area contributed by atoms with Gasteiger partial charge in [-0.2, -0.15) is 13.2 Å². The molecule has 1 aromatic rings. The van der Waals surface area contributed by atoms with Crippen LogP contribution < -0.4 is 5.73 Å². The van der Waals surface area contributed by atoms with Crippen molar-refractivity contribution in [3.05, 3.63) is 11.6 Å². The molecule has 0 aliphatic rings. The van der Waals surface area contributed by atoms with Gasteiger partial charge in [0.2, 0.25) is 0 Å². The number of rotatable bonds is 2. The minimum atomic E-state index is -4.56. The highest BCUT2D eigenvalue weighted by Gasteiger charge is 2.36. The Balaban J connectivity index is 2.84. The van der Waals surface area contributed by atoms with Crippen LogP contribution in [0, 0.1) is 12.3 Å². The first-order valence-corrected chi connectivity index (χ1v) is 3.63. The fraction of sp³-hybridized carbons (Fsp3) is 0.429. The maximum Gasteiger partial charge on any atom is 0.453 e. The van der Waals surface area contributed by atoms with Gasteiger partial charge in [-0.1, -0.05) is 0 Å². The third-order valence-corrected chi connectivity index (χ3v) is 1.45. The second-order valence-corrected chi connectivity index (χ2v) is 2.56. The Morgan fingerprint density at radius 2 is 2.21 bits per heavy atom. The van der Waals surface area contributed by atoms with Crippen molar-refractivity contribution in [3.8, 4) is 12.3 Å². The molecular weight excluding hydrogens is 197 g/mol. The largest absolute Gasteiger partial charge is 0.453 e. The SMILES string of the molecule is C#CC[C@@H](N)c1nc(C(F)(F)F)n[nH]1. The van der Waals surface area contributed by atoms with Gasteiger partial charge in [-0.15, -0.1) is 17.4 Å². The molecule has 14 heavy (non-hydrogen) atoms. The van der Waals surface area contributed by atoms with E-state index < -0.39 is 18.0 Å². The van der Waals surface area contributed by atoms with Gasteiger partial charge < -0.3 is 5.73 Å². The van der Waals surface area contributed by atoms with Gasteiger partial charge >= 0.3 is 6.18 Å². The van der Waals surface area contributed by atoms with Crippen LogP contribution in [0.5, 0.6) is 0 Å². The molecule has 76 valence electrons. The van der Waals surface area contributed by atoms with Crippen LogP contribution in [0.1, 0.15) is 24.1 Å². The first kappa shape index (κ1) is 10.5. The smallest absolute Gasteiger partial charge is 0.321 e. The van der Waals surface area contributed by atoms with Crippen LogP contribution in [-0.4, -0.2) is 15.2 Å². The molecular formula is C7H7F3N4. The molecule has 0 aromatic carbocycles. The molecule has 0 amide bonds. The van der Waals surface area contributed by atoms with Gasteiger partial charge in [0.15, 0.2) is 0 Å². The maximum absolute atomic E-state index is 12.0. The number of terminal acetylenes is 1. The fourth-order valence-corrected chi connectivity index (χ4v) is 0.791. The lowest BCUT2D eigenvalue weighted by Gasteiger charge is -2.01. The summed E-state index contributed by atoms with van der Waals surface area (Å²) < 4.78 is 36.1. The van der Waals surface area contributed by atoms with Crippen molar-refractivity contribution in [2.45, 2.75) is 18.6 Å². The topological polar surface area (TPSA) is 67.6 Å². The standard InChI is InChI=1S/C7H7F3N4/c1-2-3-4(11)5-12-6(14-13-5)7(8,9)10/h1,4H,3,11H2,(H,12,13,14)/t4-/m1/s1. The second kappa shape index (κ2) is 3.67. The first-order valence-electron chi connectivity index (χ1n) is 3.63. The molecule has 0 aliphatic carbocycles. The minimum Gasteiger partial charge on any atom is -0.321 e. The van der Waals surface area contributed by atoms with E-state index in [0.717, 1.165) is 0 Å². The molecule has 1 atom stereocenters. The zero-order valence-electron chi connectivity index (χ0n) is 6.97. The molecule has 7 heteroatoms. The lowest BCUT2D eigenvalue weighted by atomic mass is 10.2. The van der Waals surface area contributed by atoms with Gasteiger partial charge in [0.1, 0.15) is 5.82 Å². The molecule has 0 saturated carbocycles. The number of aromatic nitrogens is 3. The van der Waals surface area contributed by atoms with Crippen LogP contribution in [0.3, 0.4) is 0 Å². The highest BCUT2D eigenvalue weighted by Crippen LogP contribution is 2.26. The zero-order chi connectivity index (χ0) is 10.8. The van der Waals surface area contributed by atoms with Crippen molar-refractivity contribution in [1.82, 2.24) is 15.2 Å². The van der Waals surface area contributed by atoms with Gasteiger partial charge in [-0.05, 0) is 0 Å². The lowest BCUT2D eigenvalue weighted by molar-refractivity contribution is -0.144. The van der Waals surface area contributed by atoms with Gasteiger partial charge in [-0.3, -0.25) is 5.10 Å². The number of halogens is 3. The average molecular weight is 204 g/mol. The Kier molecular flexibility index (Phi) is 2.76. The summed E-state index contributed by atoms with van der Waals surface area (Å²) in [6.07, 6.45) is 0.484. The predicted molar refractivity (Wildman–Crippen MR) is 41.8 cm³/mol. The summed E-state index contributed by atoms with van der Waals surface area (Å²) in [4.78, 5) is 3.19. The van der Waals surface area contributed by atoms with Crippen LogP contribution in [0.15, 0.2) is 0 Å². The van der Waals surface area contributed by atoms with Gasteiger partial charge in [0.05, 0.1) is 6.04 Å². The van der Waals surface area contributed by atoms with E-state index in [1.807, 2.05) is 0 Å². The van der Waals surface area contributed by atoms with Crippen LogP contribution in [0.2, 0.25) is 0 Å². The Morgan fingerprint density at radius 1 is 1.57 bits per heavy atom. The van der Waals surface area contributed by atoms with Gasteiger partial charge in [0.25, 0.3) is 5.82 Å². The number of nitrogens with zero attached hydrogens (tertiary/aromatic N) is 2. The van der Waals surface area contributed by atoms with Gasteiger partial charge in [-0.25, -0.2) is 4.98 Å². The number of hydrogen-bond acceptors (Lipinski definition) is 3. The quantitative estimate of drug-likeness (QED) is 0.701. The van der Waals surface area contributed by atoms with E-state index in [9.17, 15) is 13.2 Å². The number of alkyl halides is 3. The van der Waals surface area contributed by atoms with E-state index in [4.69, 9.17) is 12.2 Å². The molecule has 0 fully saturated rings. The van der Waals surface area contributed by atoms with Crippen molar-refractivity contribution in [2.75, 3.05) is 0 Å². The van der Waals surface area contributed by atoms with Crippen molar-refractivity contribution in [1.29, 1.82) is 0 Å². The lowest BCUT2D eigenvalue weighted by Crippen LogP contribution is -2.12. The number of nitrogens with one attached hydrogen (secondary N) is 1. The van der Waals surface area contributed by atoms with Crippen LogP contribution >= 0.6 is 0 Å². The summed E-state index contributed by atoms with van der Waals surface area (Å²) in [7, 11) is 0. The predicted octanol–water partition coefficient (Wildman–Crippen LogP) is 0.847. The Morgan fingerprint density at radius 3 is 2.64 bits per heavy atom. The van der Waals surface area contributed by atoms with E-state index >= 15 is 0 Å². The van der Waals surface area contributed by atoms with Crippen LogP contribution in [0.4, 0.5) is 13.2 Å². The molecule has 0 unspecified atom stereocenters. The monoisotopic (exact) mass is 204 g/mol. The molecule has 0 spiro atoms. The third kappa shape index (κ3) is 2.23. The summed E-state index contributed by atoms with van der Waals surface area (Å²) in [5.74, 6) is 0.924. The Hall–Kier alpha value is -1.55. The van der Waals surface area contributed by atoms with Crippen LogP contribution in [-0.2, 0) is 6.18 Å². The van der Waals surface area contributed by atoms with Crippen molar-refractivity contribution < 1.29 is 13.2 Å². The zero-order valence-corrected chi connectivity index (χ0v) is 6.97. The summed E-state index contributed by atoms with van der Waals surface area (Å²) in [5, 5.41) is 5.08. The molecule has 0 bridgehead atoms. The number of aromatic amines is 1. The molecule has 1 aromatic heterocycles. The van der Waals surface area contributed by atoms with Crippen molar-refractivity contribution >= 4 is 0 Å². The highest BCUT2D eigenvalue weighted by molar-refractivity contribution is 5.02. The molecule has 3 N–H and O–H groups in total. The highest BCUT2D eigenvalue weighted by atomic mass is 19.4.